The fourth-order valence-corrected chi connectivity index (χ4v) is 4.03. The molecule has 1 aromatic carbocycles. The molecule has 154 valence electrons. The van der Waals surface area contributed by atoms with E-state index >= 15 is 0 Å². The number of nitrogens with one attached hydrogen (secondary N) is 1. The lowest BCUT2D eigenvalue weighted by atomic mass is 9.81. The topological polar surface area (TPSA) is 103 Å². The first-order chi connectivity index (χ1) is 14.2. The number of hydrogen-bond acceptors (Lipinski definition) is 6. The predicted octanol–water partition coefficient (Wildman–Crippen LogP) is 4.22. The summed E-state index contributed by atoms with van der Waals surface area (Å²) in [7, 11) is 0. The van der Waals surface area contributed by atoms with Crippen molar-refractivity contribution >= 4 is 22.8 Å². The number of imidazole rings is 1. The fourth-order valence-electron chi connectivity index (χ4n) is 4.03. The highest BCUT2D eigenvalue weighted by atomic mass is 16.5. The zero-order valence-electron chi connectivity index (χ0n) is 17.0. The number of nitrogen functional groups attached to an aromatic ring is 1. The molecule has 7 nitrogen and oxygen atoms in total. The number of nitrogens with two attached hydrogens (primary N) is 2. The van der Waals surface area contributed by atoms with Gasteiger partial charge >= 0.3 is 0 Å². The molecule has 0 radical (unpaired) electrons. The average Bonchev–Trinajstić information content (AvgIpc) is 3.19. The van der Waals surface area contributed by atoms with Crippen molar-refractivity contribution < 1.29 is 4.74 Å². The third-order valence-electron chi connectivity index (χ3n) is 5.68. The number of ether oxygens (including phenoxy) is 1. The molecule has 0 unspecified atom stereocenters. The van der Waals surface area contributed by atoms with Gasteiger partial charge in [0.2, 0.25) is 0 Å². The Balaban J connectivity index is 1.63. The summed E-state index contributed by atoms with van der Waals surface area (Å²) in [5.41, 5.74) is 16.3. The zero-order chi connectivity index (χ0) is 20.2. The molecule has 29 heavy (non-hydrogen) atoms. The van der Waals surface area contributed by atoms with Gasteiger partial charge in [-0.3, -0.25) is 0 Å². The molecular weight excluding hydrogens is 364 g/mol. The van der Waals surface area contributed by atoms with Crippen molar-refractivity contribution in [3.05, 3.63) is 42.2 Å². The van der Waals surface area contributed by atoms with Gasteiger partial charge in [0, 0.05) is 29.7 Å². The summed E-state index contributed by atoms with van der Waals surface area (Å²) in [5, 5.41) is 8.08. The monoisotopic (exact) mass is 394 g/mol. The van der Waals surface area contributed by atoms with Crippen molar-refractivity contribution in [2.45, 2.75) is 57.4 Å². The molecule has 2 heterocycles. The van der Waals surface area contributed by atoms with Crippen LogP contribution in [0.25, 0.3) is 5.65 Å². The molecule has 5 N–H and O–H groups in total. The number of anilines is 3. The Bertz CT molecular complexity index is 944. The van der Waals surface area contributed by atoms with E-state index in [1.54, 1.807) is 10.7 Å². The van der Waals surface area contributed by atoms with Gasteiger partial charge in [-0.1, -0.05) is 13.3 Å². The van der Waals surface area contributed by atoms with Crippen molar-refractivity contribution in [3.63, 3.8) is 0 Å². The van der Waals surface area contributed by atoms with Crippen LogP contribution in [-0.2, 0) is 0 Å². The second-order valence-electron chi connectivity index (χ2n) is 7.83. The van der Waals surface area contributed by atoms with Crippen LogP contribution in [0.4, 0.5) is 17.2 Å². The first-order valence-corrected chi connectivity index (χ1v) is 10.5. The highest BCUT2D eigenvalue weighted by molar-refractivity contribution is 5.80. The molecule has 7 heteroatoms. The van der Waals surface area contributed by atoms with Crippen LogP contribution >= 0.6 is 0 Å². The number of hydrogen-bond donors (Lipinski definition) is 3. The van der Waals surface area contributed by atoms with Gasteiger partial charge in [0.1, 0.15) is 11.6 Å². The Kier molecular flexibility index (Phi) is 5.85. The number of aromatic nitrogens is 3. The van der Waals surface area contributed by atoms with Crippen LogP contribution in [0.5, 0.6) is 5.75 Å². The van der Waals surface area contributed by atoms with Gasteiger partial charge < -0.3 is 21.5 Å². The van der Waals surface area contributed by atoms with Gasteiger partial charge in [-0.15, -0.1) is 5.10 Å². The Morgan fingerprint density at radius 3 is 2.66 bits per heavy atom. The molecule has 0 atom stereocenters. The molecule has 1 saturated carbocycles. The number of rotatable bonds is 7. The van der Waals surface area contributed by atoms with Crippen LogP contribution in [0.2, 0.25) is 0 Å². The lowest BCUT2D eigenvalue weighted by Crippen LogP contribution is -2.26. The smallest absolute Gasteiger partial charge is 0.177 e. The van der Waals surface area contributed by atoms with E-state index in [2.05, 4.69) is 22.3 Å². The van der Waals surface area contributed by atoms with Crippen molar-refractivity contribution in [2.75, 3.05) is 17.7 Å². The van der Waals surface area contributed by atoms with E-state index < -0.39 is 0 Å². The van der Waals surface area contributed by atoms with E-state index in [9.17, 15) is 0 Å². The minimum atomic E-state index is 0.284. The second-order valence-corrected chi connectivity index (χ2v) is 7.83. The van der Waals surface area contributed by atoms with E-state index in [-0.39, 0.29) is 6.04 Å². The standard InChI is InChI=1S/C22H30N6O/c1-2-3-14-29-18-10-8-17(9-11-18)26-20-19(15-4-6-16(23)7-5-15)21(24)27-28-13-12-25-22(20)28/h8-13,15-16,26H,2-7,14,23H2,1H3,(H2,24,27). The molecule has 0 bridgehead atoms. The fraction of sp³-hybridized carbons (Fsp3) is 0.455. The second kappa shape index (κ2) is 8.69. The molecule has 2 aromatic heterocycles. The highest BCUT2D eigenvalue weighted by Crippen LogP contribution is 2.41. The van der Waals surface area contributed by atoms with Gasteiger partial charge in [-0.25, -0.2) is 9.50 Å². The van der Waals surface area contributed by atoms with Crippen molar-refractivity contribution in [1.82, 2.24) is 14.6 Å². The van der Waals surface area contributed by atoms with E-state index in [0.717, 1.165) is 73.5 Å². The Labute approximate surface area is 171 Å². The van der Waals surface area contributed by atoms with Crippen molar-refractivity contribution in [1.29, 1.82) is 0 Å². The van der Waals surface area contributed by atoms with Gasteiger partial charge in [-0.05, 0) is 62.3 Å². The molecule has 0 aliphatic heterocycles. The molecule has 0 amide bonds. The molecule has 0 spiro atoms. The van der Waals surface area contributed by atoms with Gasteiger partial charge in [0.05, 0.1) is 12.3 Å². The molecular formula is C22H30N6O. The van der Waals surface area contributed by atoms with Crippen LogP contribution in [-0.4, -0.2) is 27.2 Å². The van der Waals surface area contributed by atoms with Crippen LogP contribution in [0.1, 0.15) is 56.9 Å². The number of fused-ring (bicyclic) bond motifs is 1. The summed E-state index contributed by atoms with van der Waals surface area (Å²) >= 11 is 0. The maximum atomic E-state index is 6.41. The van der Waals surface area contributed by atoms with Crippen LogP contribution in [0.15, 0.2) is 36.7 Å². The Hall–Kier alpha value is -2.80. The highest BCUT2D eigenvalue weighted by Gasteiger charge is 2.27. The first kappa shape index (κ1) is 19.5. The van der Waals surface area contributed by atoms with E-state index in [0.29, 0.717) is 11.7 Å². The average molecular weight is 395 g/mol. The van der Waals surface area contributed by atoms with Crippen molar-refractivity contribution in [3.8, 4) is 5.75 Å². The SMILES string of the molecule is CCCCOc1ccc(Nc2c(C3CCC(N)CC3)c(N)nn3ccnc23)cc1. The van der Waals surface area contributed by atoms with Crippen LogP contribution in [0.3, 0.4) is 0 Å². The predicted molar refractivity (Wildman–Crippen MR) is 117 cm³/mol. The van der Waals surface area contributed by atoms with Gasteiger partial charge in [0.15, 0.2) is 5.65 Å². The summed E-state index contributed by atoms with van der Waals surface area (Å²) < 4.78 is 7.51. The lowest BCUT2D eigenvalue weighted by Gasteiger charge is -2.28. The van der Waals surface area contributed by atoms with Crippen molar-refractivity contribution in [2.24, 2.45) is 5.73 Å². The number of unbranched alkanes of at least 4 members (excludes halogenated alkanes) is 1. The molecule has 1 fully saturated rings. The number of benzene rings is 1. The normalized spacial score (nSPS) is 19.4. The van der Waals surface area contributed by atoms with Gasteiger partial charge in [0.25, 0.3) is 0 Å². The third kappa shape index (κ3) is 4.29. The summed E-state index contributed by atoms with van der Waals surface area (Å²) in [5.74, 6) is 1.77. The van der Waals surface area contributed by atoms with Gasteiger partial charge in [-0.2, -0.15) is 0 Å². The molecule has 4 rings (SSSR count). The largest absolute Gasteiger partial charge is 0.494 e. The molecule has 1 aliphatic rings. The Morgan fingerprint density at radius 2 is 1.93 bits per heavy atom. The van der Waals surface area contributed by atoms with E-state index in [1.165, 1.54) is 0 Å². The number of nitrogens with zero attached hydrogens (tertiary/aromatic N) is 3. The molecule has 1 aliphatic carbocycles. The first-order valence-electron chi connectivity index (χ1n) is 10.5. The van der Waals surface area contributed by atoms with E-state index in [4.69, 9.17) is 16.2 Å². The van der Waals surface area contributed by atoms with Crippen LogP contribution in [0, 0.1) is 0 Å². The third-order valence-corrected chi connectivity index (χ3v) is 5.68. The zero-order valence-corrected chi connectivity index (χ0v) is 17.0. The minimum Gasteiger partial charge on any atom is -0.494 e. The quantitative estimate of drug-likeness (QED) is 0.518. The lowest BCUT2D eigenvalue weighted by molar-refractivity contribution is 0.309. The molecule has 0 saturated heterocycles. The summed E-state index contributed by atoms with van der Waals surface area (Å²) in [6.07, 6.45) is 9.80. The molecule has 3 aromatic rings. The Morgan fingerprint density at radius 1 is 1.17 bits per heavy atom. The summed E-state index contributed by atoms with van der Waals surface area (Å²) in [6.45, 7) is 2.90. The maximum absolute atomic E-state index is 6.41. The van der Waals surface area contributed by atoms with Crippen LogP contribution < -0.4 is 21.5 Å². The summed E-state index contributed by atoms with van der Waals surface area (Å²) in [6, 6.07) is 8.32. The summed E-state index contributed by atoms with van der Waals surface area (Å²) in [4.78, 5) is 4.53. The minimum absolute atomic E-state index is 0.284. The maximum Gasteiger partial charge on any atom is 0.177 e. The van der Waals surface area contributed by atoms with E-state index in [1.807, 2.05) is 30.5 Å².